The van der Waals surface area contributed by atoms with Gasteiger partial charge in [-0.1, -0.05) is 30.3 Å². The molecular formula is C30H30N2O6S2. The van der Waals surface area contributed by atoms with Crippen molar-refractivity contribution in [3.63, 3.8) is 0 Å². The third kappa shape index (κ3) is 5.25. The predicted octanol–water partition coefficient (Wildman–Crippen LogP) is 4.61. The number of para-hydroxylation sites is 1. The van der Waals surface area contributed by atoms with E-state index in [0.29, 0.717) is 24.4 Å². The first-order valence-corrected chi connectivity index (χ1v) is 16.2. The number of hydrogen-bond donors (Lipinski definition) is 2. The molecular weight excluding hydrogens is 548 g/mol. The van der Waals surface area contributed by atoms with Crippen molar-refractivity contribution < 1.29 is 26.9 Å². The molecule has 208 valence electrons. The number of ether oxygens (including phenoxy) is 2. The number of benzene rings is 3. The third-order valence-corrected chi connectivity index (χ3v) is 10.4. The minimum Gasteiger partial charge on any atom is -0.490 e. The van der Waals surface area contributed by atoms with Gasteiger partial charge in [-0.05, 0) is 73.2 Å². The summed E-state index contributed by atoms with van der Waals surface area (Å²) in [5.74, 6) is 1.62. The number of hydrogen-bond acceptors (Lipinski definition) is 7. The van der Waals surface area contributed by atoms with Gasteiger partial charge in [0.05, 0.1) is 22.5 Å². The molecule has 3 aliphatic rings. The standard InChI is InChI=1S/C30H30N2O6S2/c1-18-14-23(38-22-10-12-40(35,36)13-11-22)15-19(2)29(18)25-5-3-4-24-26(17-37-30(24)25)31-21-8-6-20(7-9-21)27-16-28(33)32-39(27)34/h3-9,14-16,22,26,31H,10-13,17H2,1-2H3,(H,32,33)/t26-,39?/m1/s1. The van der Waals surface area contributed by atoms with E-state index in [9.17, 15) is 17.4 Å². The van der Waals surface area contributed by atoms with E-state index in [-0.39, 0.29) is 29.6 Å². The number of rotatable bonds is 6. The quantitative estimate of drug-likeness (QED) is 0.440. The average molecular weight is 579 g/mol. The van der Waals surface area contributed by atoms with Crippen molar-refractivity contribution in [1.82, 2.24) is 4.72 Å². The fraction of sp³-hybridized carbons (Fsp3) is 0.300. The molecule has 3 aromatic rings. The van der Waals surface area contributed by atoms with Crippen LogP contribution in [0.25, 0.3) is 16.0 Å². The summed E-state index contributed by atoms with van der Waals surface area (Å²) in [7, 11) is -4.45. The van der Waals surface area contributed by atoms with Gasteiger partial charge in [0, 0.05) is 22.9 Å². The van der Waals surface area contributed by atoms with Crippen LogP contribution in [-0.2, 0) is 25.6 Å². The number of carbonyl (C=O) groups is 1. The molecule has 1 saturated heterocycles. The molecule has 1 fully saturated rings. The predicted molar refractivity (Wildman–Crippen MR) is 156 cm³/mol. The molecule has 6 rings (SSSR count). The molecule has 0 bridgehead atoms. The van der Waals surface area contributed by atoms with E-state index >= 15 is 0 Å². The Hall–Kier alpha value is -3.63. The van der Waals surface area contributed by atoms with Gasteiger partial charge in [0.25, 0.3) is 5.91 Å². The van der Waals surface area contributed by atoms with Crippen LogP contribution in [0.5, 0.6) is 11.5 Å². The summed E-state index contributed by atoms with van der Waals surface area (Å²) in [6, 6.07) is 17.7. The van der Waals surface area contributed by atoms with E-state index in [2.05, 4.69) is 36.0 Å². The maximum Gasteiger partial charge on any atom is 0.257 e. The summed E-state index contributed by atoms with van der Waals surface area (Å²) in [6.45, 7) is 4.59. The Morgan fingerprint density at radius 1 is 1.02 bits per heavy atom. The molecule has 3 heterocycles. The maximum absolute atomic E-state index is 12.1. The van der Waals surface area contributed by atoms with Crippen molar-refractivity contribution in [1.29, 1.82) is 0 Å². The molecule has 0 spiro atoms. The highest BCUT2D eigenvalue weighted by atomic mass is 32.2. The molecule has 40 heavy (non-hydrogen) atoms. The molecule has 0 radical (unpaired) electrons. The molecule has 3 aromatic carbocycles. The van der Waals surface area contributed by atoms with E-state index in [1.54, 1.807) is 0 Å². The summed E-state index contributed by atoms with van der Waals surface area (Å²) in [4.78, 5) is 12.0. The lowest BCUT2D eigenvalue weighted by molar-refractivity contribution is -0.114. The van der Waals surface area contributed by atoms with Crippen LogP contribution in [0.3, 0.4) is 0 Å². The lowest BCUT2D eigenvalue weighted by Crippen LogP contribution is -2.30. The molecule has 2 N–H and O–H groups in total. The van der Waals surface area contributed by atoms with Gasteiger partial charge >= 0.3 is 0 Å². The number of nitrogens with one attached hydrogen (secondary N) is 2. The molecule has 1 amide bonds. The normalized spacial score (nSPS) is 21.8. The molecule has 10 heteroatoms. The van der Waals surface area contributed by atoms with Gasteiger partial charge < -0.3 is 14.8 Å². The van der Waals surface area contributed by atoms with E-state index < -0.39 is 20.8 Å². The molecule has 8 nitrogen and oxygen atoms in total. The van der Waals surface area contributed by atoms with Crippen LogP contribution in [0.1, 0.15) is 41.1 Å². The minimum absolute atomic E-state index is 0.0466. The van der Waals surface area contributed by atoms with Gasteiger partial charge in [0.2, 0.25) is 0 Å². The number of aryl methyl sites for hydroxylation is 2. The second-order valence-corrected chi connectivity index (χ2v) is 13.9. The Bertz CT molecular complexity index is 1630. The lowest BCUT2D eigenvalue weighted by atomic mass is 9.92. The first kappa shape index (κ1) is 26.6. The average Bonchev–Trinajstić information content (AvgIpc) is 3.48. The number of anilines is 1. The molecule has 0 saturated carbocycles. The molecule has 0 aromatic heterocycles. The molecule has 2 atom stereocenters. The zero-order chi connectivity index (χ0) is 28.0. The fourth-order valence-corrected chi connectivity index (χ4v) is 7.99. The molecule has 0 aliphatic carbocycles. The van der Waals surface area contributed by atoms with Crippen molar-refractivity contribution in [3.05, 3.63) is 82.9 Å². The maximum atomic E-state index is 12.1. The molecule has 1 unspecified atom stereocenters. The van der Waals surface area contributed by atoms with E-state index in [0.717, 1.165) is 50.6 Å². The van der Waals surface area contributed by atoms with Crippen LogP contribution >= 0.6 is 0 Å². The second-order valence-electron chi connectivity index (χ2n) is 10.5. The first-order valence-electron chi connectivity index (χ1n) is 13.2. The van der Waals surface area contributed by atoms with Crippen molar-refractivity contribution in [2.24, 2.45) is 0 Å². The van der Waals surface area contributed by atoms with E-state index in [1.165, 1.54) is 6.08 Å². The minimum atomic E-state index is -2.93. The van der Waals surface area contributed by atoms with Crippen LogP contribution in [0.15, 0.2) is 60.7 Å². The highest BCUT2D eigenvalue weighted by Crippen LogP contribution is 2.44. The first-order chi connectivity index (χ1) is 19.2. The van der Waals surface area contributed by atoms with Gasteiger partial charge in [-0.15, -0.1) is 0 Å². The zero-order valence-corrected chi connectivity index (χ0v) is 23.9. The van der Waals surface area contributed by atoms with Gasteiger partial charge in [0.1, 0.15) is 24.2 Å². The second kappa shape index (κ2) is 10.4. The van der Waals surface area contributed by atoms with Crippen molar-refractivity contribution in [2.45, 2.75) is 38.8 Å². The van der Waals surface area contributed by atoms with Gasteiger partial charge in [-0.2, -0.15) is 0 Å². The van der Waals surface area contributed by atoms with Gasteiger partial charge in [-0.25, -0.2) is 12.6 Å². The summed E-state index contributed by atoms with van der Waals surface area (Å²) >= 11 is 0. The third-order valence-electron chi connectivity index (χ3n) is 7.56. The van der Waals surface area contributed by atoms with Crippen LogP contribution in [-0.4, -0.2) is 42.8 Å². The van der Waals surface area contributed by atoms with Crippen LogP contribution < -0.4 is 19.5 Å². The summed E-state index contributed by atoms with van der Waals surface area (Å²) < 4.78 is 50.4. The highest BCUT2D eigenvalue weighted by molar-refractivity contribution is 7.94. The Morgan fingerprint density at radius 3 is 2.38 bits per heavy atom. The lowest BCUT2D eigenvalue weighted by Gasteiger charge is -2.24. The zero-order valence-electron chi connectivity index (χ0n) is 22.2. The van der Waals surface area contributed by atoms with Crippen molar-refractivity contribution in [2.75, 3.05) is 23.4 Å². The Balaban J connectivity index is 1.20. The summed E-state index contributed by atoms with van der Waals surface area (Å²) in [6.07, 6.45) is 2.32. The smallest absolute Gasteiger partial charge is 0.257 e. The van der Waals surface area contributed by atoms with Crippen LogP contribution in [0.4, 0.5) is 5.69 Å². The largest absolute Gasteiger partial charge is 0.490 e. The topological polar surface area (TPSA) is 111 Å². The number of carbonyl (C=O) groups excluding carboxylic acids is 1. The monoisotopic (exact) mass is 578 g/mol. The number of fused-ring (bicyclic) bond motifs is 1. The number of amides is 1. The Labute approximate surface area is 236 Å². The Kier molecular flexibility index (Phi) is 6.92. The van der Waals surface area contributed by atoms with Crippen LogP contribution in [0, 0.1) is 13.8 Å². The van der Waals surface area contributed by atoms with E-state index in [4.69, 9.17) is 9.47 Å². The van der Waals surface area contributed by atoms with Crippen molar-refractivity contribution >= 4 is 37.3 Å². The Morgan fingerprint density at radius 2 is 1.73 bits per heavy atom. The fourth-order valence-electron chi connectivity index (χ4n) is 5.63. The van der Waals surface area contributed by atoms with Gasteiger partial charge in [-0.3, -0.25) is 9.52 Å². The SMILES string of the molecule is Cc1cc(OC2CCS(=O)(=O)CC2)cc(C)c1-c1cccc2c1OC[C@H]2Nc1ccc(C2=CC(=O)NS2=O)cc1. The summed E-state index contributed by atoms with van der Waals surface area (Å²) in [5.41, 5.74) is 6.95. The van der Waals surface area contributed by atoms with Crippen molar-refractivity contribution in [3.8, 4) is 22.6 Å². The van der Waals surface area contributed by atoms with Gasteiger partial charge in [0.15, 0.2) is 20.8 Å². The van der Waals surface area contributed by atoms with Crippen LogP contribution in [0.2, 0.25) is 0 Å². The highest BCUT2D eigenvalue weighted by Gasteiger charge is 2.29. The molecule has 3 aliphatic heterocycles. The number of sulfone groups is 1. The van der Waals surface area contributed by atoms with E-state index in [1.807, 2.05) is 42.5 Å². The summed E-state index contributed by atoms with van der Waals surface area (Å²) in [5, 5.41) is 3.54.